The lowest BCUT2D eigenvalue weighted by Gasteiger charge is -2.29. The van der Waals surface area contributed by atoms with Crippen molar-refractivity contribution in [3.8, 4) is 5.75 Å². The van der Waals surface area contributed by atoms with Crippen molar-refractivity contribution in [3.05, 3.63) is 64.2 Å². The highest BCUT2D eigenvalue weighted by Gasteiger charge is 2.25. The molecule has 2 nitrogen and oxygen atoms in total. The molecule has 0 aromatic heterocycles. The second kappa shape index (κ2) is 8.96. The van der Waals surface area contributed by atoms with Crippen LogP contribution in [0.4, 0.5) is 0 Å². The fourth-order valence-corrected chi connectivity index (χ4v) is 5.36. The summed E-state index contributed by atoms with van der Waals surface area (Å²) in [6.07, 6.45) is 4.52. The lowest BCUT2D eigenvalue weighted by molar-refractivity contribution is 0.285. The Morgan fingerprint density at radius 2 is 1.85 bits per heavy atom. The Bertz CT molecular complexity index is 724. The van der Waals surface area contributed by atoms with Crippen LogP contribution in [-0.4, -0.2) is 23.6 Å². The molecule has 0 saturated carbocycles. The summed E-state index contributed by atoms with van der Waals surface area (Å²) in [5, 5.41) is 10.5. The molecule has 3 rings (SSSR count). The van der Waals surface area contributed by atoms with Crippen molar-refractivity contribution < 1.29 is 9.84 Å². The molecule has 0 amide bonds. The first kappa shape index (κ1) is 19.3. The van der Waals surface area contributed by atoms with Crippen molar-refractivity contribution in [1.82, 2.24) is 0 Å². The highest BCUT2D eigenvalue weighted by Crippen LogP contribution is 2.44. The molecule has 1 aliphatic rings. The van der Waals surface area contributed by atoms with Crippen molar-refractivity contribution in [2.45, 2.75) is 57.0 Å². The molecule has 2 aromatic carbocycles. The summed E-state index contributed by atoms with van der Waals surface area (Å²) in [5.41, 5.74) is 6.92. The largest absolute Gasteiger partial charge is 0.494 e. The van der Waals surface area contributed by atoms with E-state index in [1.54, 1.807) is 0 Å². The van der Waals surface area contributed by atoms with Gasteiger partial charge in [0.2, 0.25) is 0 Å². The van der Waals surface area contributed by atoms with Crippen molar-refractivity contribution in [2.24, 2.45) is 0 Å². The number of aliphatic hydroxyl groups excluding tert-OH is 1. The monoisotopic (exact) mass is 370 g/mol. The van der Waals surface area contributed by atoms with Gasteiger partial charge in [-0.1, -0.05) is 30.7 Å². The van der Waals surface area contributed by atoms with Gasteiger partial charge in [0.05, 0.1) is 13.2 Å². The number of aryl methyl sites for hydroxylation is 2. The van der Waals surface area contributed by atoms with Gasteiger partial charge in [-0.15, -0.1) is 11.8 Å². The van der Waals surface area contributed by atoms with E-state index in [1.807, 2.05) is 18.7 Å². The molecule has 1 N–H and O–H groups in total. The average molecular weight is 371 g/mol. The number of hydrogen-bond acceptors (Lipinski definition) is 3. The minimum atomic E-state index is 0.297. The van der Waals surface area contributed by atoms with Gasteiger partial charge in [-0.05, 0) is 80.0 Å². The highest BCUT2D eigenvalue weighted by atomic mass is 32.2. The minimum absolute atomic E-state index is 0.297. The third kappa shape index (κ3) is 4.63. The first-order valence-electron chi connectivity index (χ1n) is 9.68. The van der Waals surface area contributed by atoms with Gasteiger partial charge >= 0.3 is 0 Å². The Morgan fingerprint density at radius 1 is 1.08 bits per heavy atom. The van der Waals surface area contributed by atoms with Gasteiger partial charge in [-0.3, -0.25) is 0 Å². The van der Waals surface area contributed by atoms with Gasteiger partial charge < -0.3 is 9.84 Å². The summed E-state index contributed by atoms with van der Waals surface area (Å²) in [6.45, 7) is 7.45. The Hall–Kier alpha value is -1.45. The van der Waals surface area contributed by atoms with Crippen LogP contribution in [0.1, 0.15) is 59.3 Å². The summed E-state index contributed by atoms with van der Waals surface area (Å²) in [4.78, 5) is 0. The Labute approximate surface area is 162 Å². The third-order valence-corrected chi connectivity index (χ3v) is 6.84. The summed E-state index contributed by atoms with van der Waals surface area (Å²) in [6, 6.07) is 13.2. The maximum atomic E-state index is 9.55. The molecule has 140 valence electrons. The lowest BCUT2D eigenvalue weighted by Crippen LogP contribution is -2.17. The van der Waals surface area contributed by atoms with Crippen LogP contribution in [0.25, 0.3) is 0 Å². The van der Waals surface area contributed by atoms with E-state index in [0.717, 1.165) is 18.6 Å². The van der Waals surface area contributed by atoms with Crippen LogP contribution in [0.5, 0.6) is 5.75 Å². The normalized spacial score (nSPS) is 20.2. The van der Waals surface area contributed by atoms with E-state index in [2.05, 4.69) is 50.2 Å². The van der Waals surface area contributed by atoms with Crippen LogP contribution in [0.15, 0.2) is 36.4 Å². The Kier molecular flexibility index (Phi) is 6.66. The van der Waals surface area contributed by atoms with E-state index in [1.165, 1.54) is 40.7 Å². The maximum Gasteiger partial charge on any atom is 0.119 e. The van der Waals surface area contributed by atoms with E-state index >= 15 is 0 Å². The number of hydrogen-bond donors (Lipinski definition) is 1. The zero-order valence-electron chi connectivity index (χ0n) is 16.1. The van der Waals surface area contributed by atoms with Gasteiger partial charge in [0.1, 0.15) is 5.75 Å². The molecule has 0 spiro atoms. The fourth-order valence-electron chi connectivity index (χ4n) is 3.81. The number of rotatable bonds is 6. The molecule has 3 heteroatoms. The van der Waals surface area contributed by atoms with Crippen LogP contribution in [0, 0.1) is 13.8 Å². The quantitative estimate of drug-likeness (QED) is 0.716. The van der Waals surface area contributed by atoms with Gasteiger partial charge in [-0.2, -0.15) is 0 Å². The molecule has 1 heterocycles. The molecule has 0 bridgehead atoms. The summed E-state index contributed by atoms with van der Waals surface area (Å²) in [7, 11) is 0. The van der Waals surface area contributed by atoms with Gasteiger partial charge in [-0.25, -0.2) is 0 Å². The van der Waals surface area contributed by atoms with Crippen LogP contribution >= 0.6 is 11.8 Å². The maximum absolute atomic E-state index is 9.55. The van der Waals surface area contributed by atoms with E-state index in [-0.39, 0.29) is 0 Å². The zero-order chi connectivity index (χ0) is 18.5. The van der Waals surface area contributed by atoms with Crippen LogP contribution in [0.3, 0.4) is 0 Å². The second-order valence-corrected chi connectivity index (χ2v) is 8.76. The number of thioether (sulfide) groups is 1. The highest BCUT2D eigenvalue weighted by molar-refractivity contribution is 8.00. The third-order valence-electron chi connectivity index (χ3n) is 5.25. The van der Waals surface area contributed by atoms with Gasteiger partial charge in [0, 0.05) is 10.5 Å². The number of ether oxygens (including phenoxy) is 1. The van der Waals surface area contributed by atoms with Crippen LogP contribution < -0.4 is 4.74 Å². The zero-order valence-corrected chi connectivity index (χ0v) is 16.9. The average Bonchev–Trinajstić information content (AvgIpc) is 2.65. The van der Waals surface area contributed by atoms with Gasteiger partial charge in [0.15, 0.2) is 0 Å². The van der Waals surface area contributed by atoms with Crippen molar-refractivity contribution >= 4 is 11.8 Å². The van der Waals surface area contributed by atoms with Crippen molar-refractivity contribution in [1.29, 1.82) is 0 Å². The molecule has 2 unspecified atom stereocenters. The molecule has 2 aromatic rings. The van der Waals surface area contributed by atoms with E-state index in [9.17, 15) is 5.11 Å². The molecule has 26 heavy (non-hydrogen) atoms. The number of benzene rings is 2. The molecular formula is C23H30O2S. The molecular weight excluding hydrogens is 340 g/mol. The van der Waals surface area contributed by atoms with Crippen LogP contribution in [0.2, 0.25) is 0 Å². The molecule has 1 fully saturated rings. The molecule has 0 aliphatic carbocycles. The molecule has 0 radical (unpaired) electrons. The van der Waals surface area contributed by atoms with Gasteiger partial charge in [0.25, 0.3) is 0 Å². The molecule has 1 saturated heterocycles. The first-order valence-corrected chi connectivity index (χ1v) is 10.6. The molecule has 1 aliphatic heterocycles. The van der Waals surface area contributed by atoms with Crippen LogP contribution in [-0.2, 0) is 6.42 Å². The summed E-state index contributed by atoms with van der Waals surface area (Å²) in [5.74, 6) is 0.936. The van der Waals surface area contributed by atoms with Crippen molar-refractivity contribution in [3.63, 3.8) is 0 Å². The Morgan fingerprint density at radius 3 is 2.54 bits per heavy atom. The number of aliphatic hydroxyl groups is 1. The SMILES string of the molecule is CCOc1ccc(Cc2cc(C3CCCC(CO)S3)c(C)cc2C)cc1. The van der Waals surface area contributed by atoms with E-state index in [0.29, 0.717) is 23.7 Å². The summed E-state index contributed by atoms with van der Waals surface area (Å²) >= 11 is 1.96. The Balaban J connectivity index is 1.81. The second-order valence-electron chi connectivity index (χ2n) is 7.25. The lowest BCUT2D eigenvalue weighted by atomic mass is 9.92. The predicted octanol–water partition coefficient (Wildman–Crippen LogP) is 5.61. The topological polar surface area (TPSA) is 29.5 Å². The predicted molar refractivity (Wildman–Crippen MR) is 111 cm³/mol. The first-order chi connectivity index (χ1) is 12.6. The minimum Gasteiger partial charge on any atom is -0.494 e. The fraction of sp³-hybridized carbons (Fsp3) is 0.478. The standard InChI is InChI=1S/C23H30O2S/c1-4-25-20-10-8-18(9-11-20)13-19-14-22(17(3)12-16(19)2)23-7-5-6-21(15-24)26-23/h8-12,14,21,23-24H,4-7,13,15H2,1-3H3. The smallest absolute Gasteiger partial charge is 0.119 e. The van der Waals surface area contributed by atoms with Crippen molar-refractivity contribution in [2.75, 3.05) is 13.2 Å². The van der Waals surface area contributed by atoms with E-state index in [4.69, 9.17) is 4.74 Å². The molecule has 2 atom stereocenters. The summed E-state index contributed by atoms with van der Waals surface area (Å²) < 4.78 is 5.55. The van der Waals surface area contributed by atoms with E-state index < -0.39 is 0 Å².